The minimum atomic E-state index is -4.51. The van der Waals surface area contributed by atoms with Gasteiger partial charge in [0.25, 0.3) is 0 Å². The van der Waals surface area contributed by atoms with Crippen LogP contribution in [-0.2, 0) is 11.0 Å². The van der Waals surface area contributed by atoms with Crippen LogP contribution in [0.15, 0.2) is 36.4 Å². The Labute approximate surface area is 182 Å². The molecule has 0 spiro atoms. The monoisotopic (exact) mass is 458 g/mol. The molecule has 4 nitrogen and oxygen atoms in total. The molecule has 0 aromatic heterocycles. The molecule has 30 heavy (non-hydrogen) atoms. The van der Waals surface area contributed by atoms with Gasteiger partial charge in [-0.3, -0.25) is 4.79 Å². The molecule has 0 unspecified atom stereocenters. The fourth-order valence-corrected chi connectivity index (χ4v) is 3.89. The highest BCUT2D eigenvalue weighted by Gasteiger charge is 2.32. The van der Waals surface area contributed by atoms with Gasteiger partial charge < -0.3 is 15.0 Å². The highest BCUT2D eigenvalue weighted by atomic mass is 35.5. The highest BCUT2D eigenvalue weighted by Crippen LogP contribution is 2.37. The predicted octanol–water partition coefficient (Wildman–Crippen LogP) is 6.27. The Morgan fingerprint density at radius 1 is 1.17 bits per heavy atom. The summed E-state index contributed by atoms with van der Waals surface area (Å²) in [6.45, 7) is 1.45. The molecule has 0 saturated carbocycles. The van der Waals surface area contributed by atoms with Crippen molar-refractivity contribution in [1.29, 1.82) is 0 Å². The lowest BCUT2D eigenvalue weighted by Crippen LogP contribution is -2.21. The number of ether oxygens (including phenoxy) is 1. The van der Waals surface area contributed by atoms with E-state index in [9.17, 15) is 18.0 Å². The number of methoxy groups -OCH3 is 1. The molecule has 1 N–H and O–H groups in total. The standard InChI is InChI=1S/C21H19Cl2F3N2O2/c1-30-20-13(10-15(22)12-16(20)23)4-7-19(29)27-17-11-14(21(24,25)26)5-6-18(17)28-8-2-3-9-28/h4-7,10-12H,2-3,8-9H2,1H3,(H,27,29)/b7-4+. The van der Waals surface area contributed by atoms with Gasteiger partial charge in [0, 0.05) is 29.8 Å². The molecule has 2 aromatic carbocycles. The number of nitrogens with one attached hydrogen (secondary N) is 1. The summed E-state index contributed by atoms with van der Waals surface area (Å²) in [6, 6.07) is 6.45. The van der Waals surface area contributed by atoms with Crippen LogP contribution in [0, 0.1) is 0 Å². The van der Waals surface area contributed by atoms with E-state index in [1.807, 2.05) is 4.90 Å². The van der Waals surface area contributed by atoms with E-state index >= 15 is 0 Å². The first-order valence-electron chi connectivity index (χ1n) is 9.17. The van der Waals surface area contributed by atoms with Crippen LogP contribution < -0.4 is 15.0 Å². The van der Waals surface area contributed by atoms with Crippen LogP contribution in [0.1, 0.15) is 24.0 Å². The van der Waals surface area contributed by atoms with Crippen molar-refractivity contribution in [3.05, 3.63) is 57.6 Å². The lowest BCUT2D eigenvalue weighted by molar-refractivity contribution is -0.137. The van der Waals surface area contributed by atoms with Gasteiger partial charge in [0.05, 0.1) is 29.1 Å². The number of carbonyl (C=O) groups is 1. The number of rotatable bonds is 5. The number of hydrogen-bond donors (Lipinski definition) is 1. The lowest BCUT2D eigenvalue weighted by Gasteiger charge is -2.22. The summed E-state index contributed by atoms with van der Waals surface area (Å²) in [5, 5.41) is 3.20. The van der Waals surface area contributed by atoms with E-state index in [1.54, 1.807) is 6.07 Å². The number of halogens is 5. The van der Waals surface area contributed by atoms with Gasteiger partial charge in [-0.25, -0.2) is 0 Å². The molecule has 0 atom stereocenters. The fourth-order valence-electron chi connectivity index (χ4n) is 3.31. The molecule has 0 radical (unpaired) electrons. The second-order valence-electron chi connectivity index (χ2n) is 6.76. The van der Waals surface area contributed by atoms with E-state index < -0.39 is 17.6 Å². The highest BCUT2D eigenvalue weighted by molar-refractivity contribution is 6.36. The molecule has 2 aromatic rings. The van der Waals surface area contributed by atoms with Crippen molar-refractivity contribution >= 4 is 46.6 Å². The predicted molar refractivity (Wildman–Crippen MR) is 114 cm³/mol. The summed E-state index contributed by atoms with van der Waals surface area (Å²) in [6.07, 6.45) is 0.0185. The number of alkyl halides is 3. The molecule has 1 aliphatic heterocycles. The number of nitrogens with zero attached hydrogens (tertiary/aromatic N) is 1. The van der Waals surface area contributed by atoms with Gasteiger partial charge in [-0.15, -0.1) is 0 Å². The number of anilines is 2. The summed E-state index contributed by atoms with van der Waals surface area (Å²) in [5.41, 5.74) is 0.310. The van der Waals surface area contributed by atoms with Gasteiger partial charge in [-0.1, -0.05) is 23.2 Å². The summed E-state index contributed by atoms with van der Waals surface area (Å²) in [7, 11) is 1.43. The van der Waals surface area contributed by atoms with Crippen molar-refractivity contribution in [2.45, 2.75) is 19.0 Å². The summed E-state index contributed by atoms with van der Waals surface area (Å²) in [4.78, 5) is 14.4. The van der Waals surface area contributed by atoms with Gasteiger partial charge in [-0.05, 0) is 49.2 Å². The van der Waals surface area contributed by atoms with Crippen LogP contribution in [0.25, 0.3) is 6.08 Å². The second kappa shape index (κ2) is 9.18. The number of amides is 1. The Balaban J connectivity index is 1.88. The third-order valence-electron chi connectivity index (χ3n) is 4.68. The van der Waals surface area contributed by atoms with Crippen LogP contribution >= 0.6 is 23.2 Å². The fraction of sp³-hybridized carbons (Fsp3) is 0.286. The third kappa shape index (κ3) is 5.21. The first-order valence-corrected chi connectivity index (χ1v) is 9.93. The molecule has 9 heteroatoms. The number of benzene rings is 2. The quantitative estimate of drug-likeness (QED) is 0.536. The van der Waals surface area contributed by atoms with Gasteiger partial charge in [0.1, 0.15) is 5.75 Å². The van der Waals surface area contributed by atoms with Crippen LogP contribution in [0.5, 0.6) is 5.75 Å². The molecular weight excluding hydrogens is 440 g/mol. The van der Waals surface area contributed by atoms with E-state index in [2.05, 4.69) is 5.32 Å². The first-order chi connectivity index (χ1) is 14.2. The average molecular weight is 459 g/mol. The van der Waals surface area contributed by atoms with Crippen LogP contribution in [0.4, 0.5) is 24.5 Å². The minimum Gasteiger partial charge on any atom is -0.495 e. The van der Waals surface area contributed by atoms with E-state index in [0.717, 1.165) is 38.1 Å². The van der Waals surface area contributed by atoms with Crippen molar-refractivity contribution in [2.24, 2.45) is 0 Å². The Morgan fingerprint density at radius 2 is 1.87 bits per heavy atom. The van der Waals surface area contributed by atoms with Crippen molar-refractivity contribution in [3.8, 4) is 5.75 Å². The molecule has 3 rings (SSSR count). The van der Waals surface area contributed by atoms with Crippen molar-refractivity contribution in [3.63, 3.8) is 0 Å². The summed E-state index contributed by atoms with van der Waals surface area (Å²) >= 11 is 12.1. The average Bonchev–Trinajstić information content (AvgIpc) is 3.19. The third-order valence-corrected chi connectivity index (χ3v) is 5.18. The Morgan fingerprint density at radius 3 is 2.50 bits per heavy atom. The van der Waals surface area contributed by atoms with Gasteiger partial charge in [-0.2, -0.15) is 13.2 Å². The molecule has 0 bridgehead atoms. The Hall–Kier alpha value is -2.38. The van der Waals surface area contributed by atoms with Crippen molar-refractivity contribution in [1.82, 2.24) is 0 Å². The normalized spacial score (nSPS) is 14.4. The smallest absolute Gasteiger partial charge is 0.416 e. The van der Waals surface area contributed by atoms with Crippen molar-refractivity contribution in [2.75, 3.05) is 30.4 Å². The van der Waals surface area contributed by atoms with E-state index in [0.29, 0.717) is 22.0 Å². The number of hydrogen-bond acceptors (Lipinski definition) is 3. The zero-order valence-corrected chi connectivity index (χ0v) is 17.5. The molecule has 1 heterocycles. The molecule has 0 aliphatic carbocycles. The zero-order valence-electron chi connectivity index (χ0n) is 16.0. The first kappa shape index (κ1) is 22.3. The molecular formula is C21H19Cl2F3N2O2. The van der Waals surface area contributed by atoms with E-state index in [-0.39, 0.29) is 10.7 Å². The molecule has 160 valence electrons. The topological polar surface area (TPSA) is 41.6 Å². The van der Waals surface area contributed by atoms with Crippen LogP contribution in [0.2, 0.25) is 10.0 Å². The summed E-state index contributed by atoms with van der Waals surface area (Å²) in [5.74, 6) is -0.255. The van der Waals surface area contributed by atoms with Gasteiger partial charge in [0.15, 0.2) is 0 Å². The summed E-state index contributed by atoms with van der Waals surface area (Å²) < 4.78 is 44.7. The molecule has 1 saturated heterocycles. The van der Waals surface area contributed by atoms with Crippen LogP contribution in [-0.4, -0.2) is 26.1 Å². The largest absolute Gasteiger partial charge is 0.495 e. The second-order valence-corrected chi connectivity index (χ2v) is 7.60. The van der Waals surface area contributed by atoms with E-state index in [1.165, 1.54) is 31.4 Å². The SMILES string of the molecule is COc1c(Cl)cc(Cl)cc1/C=C/C(=O)Nc1cc(C(F)(F)F)ccc1N1CCCC1. The maximum atomic E-state index is 13.2. The van der Waals surface area contributed by atoms with E-state index in [4.69, 9.17) is 27.9 Å². The van der Waals surface area contributed by atoms with Gasteiger partial charge in [0.2, 0.25) is 5.91 Å². The zero-order chi connectivity index (χ0) is 21.9. The lowest BCUT2D eigenvalue weighted by atomic mass is 10.1. The Kier molecular flexibility index (Phi) is 6.83. The maximum Gasteiger partial charge on any atom is 0.416 e. The number of carbonyl (C=O) groups excluding carboxylic acids is 1. The Bertz CT molecular complexity index is 971. The van der Waals surface area contributed by atoms with Gasteiger partial charge >= 0.3 is 6.18 Å². The van der Waals surface area contributed by atoms with Crippen LogP contribution in [0.3, 0.4) is 0 Å². The minimum absolute atomic E-state index is 0.109. The maximum absolute atomic E-state index is 13.2. The molecule has 1 fully saturated rings. The molecule has 1 aliphatic rings. The van der Waals surface area contributed by atoms with Crippen molar-refractivity contribution < 1.29 is 22.7 Å². The molecule has 1 amide bonds.